The predicted octanol–water partition coefficient (Wildman–Crippen LogP) is 4.51. The third-order valence-corrected chi connectivity index (χ3v) is 4.58. The first-order chi connectivity index (χ1) is 10.1. The second-order valence-electron chi connectivity index (χ2n) is 4.52. The van der Waals surface area contributed by atoms with Gasteiger partial charge in [0, 0.05) is 10.0 Å². The molecule has 112 valence electrons. The van der Waals surface area contributed by atoms with E-state index in [1.54, 1.807) is 7.11 Å². The SMILES string of the molecule is COc1ccc(C(Cc2c(Cl)cccc2Cl)NN)cc1Br. The highest BCUT2D eigenvalue weighted by Crippen LogP contribution is 2.32. The summed E-state index contributed by atoms with van der Waals surface area (Å²) in [7, 11) is 1.63. The van der Waals surface area contributed by atoms with E-state index in [1.165, 1.54) is 0 Å². The van der Waals surface area contributed by atoms with Crippen LogP contribution in [0.3, 0.4) is 0 Å². The molecule has 3 nitrogen and oxygen atoms in total. The van der Waals surface area contributed by atoms with Crippen LogP contribution in [0.1, 0.15) is 17.2 Å². The van der Waals surface area contributed by atoms with Crippen LogP contribution in [0.2, 0.25) is 10.0 Å². The molecule has 0 fully saturated rings. The highest BCUT2D eigenvalue weighted by Gasteiger charge is 2.16. The van der Waals surface area contributed by atoms with E-state index in [-0.39, 0.29) is 6.04 Å². The van der Waals surface area contributed by atoms with Gasteiger partial charge in [-0.25, -0.2) is 0 Å². The molecule has 0 aliphatic carbocycles. The minimum absolute atomic E-state index is 0.107. The molecule has 1 atom stereocenters. The zero-order valence-corrected chi connectivity index (χ0v) is 14.5. The maximum atomic E-state index is 6.21. The molecule has 0 spiro atoms. The molecule has 0 aromatic heterocycles. The van der Waals surface area contributed by atoms with Crippen LogP contribution in [0, 0.1) is 0 Å². The van der Waals surface area contributed by atoms with Gasteiger partial charge in [0.2, 0.25) is 0 Å². The molecule has 0 aliphatic rings. The van der Waals surface area contributed by atoms with Crippen molar-refractivity contribution in [2.24, 2.45) is 5.84 Å². The number of nitrogens with two attached hydrogens (primary N) is 1. The average molecular weight is 390 g/mol. The first-order valence-corrected chi connectivity index (χ1v) is 7.84. The number of hydrazine groups is 1. The van der Waals surface area contributed by atoms with Gasteiger partial charge in [-0.15, -0.1) is 0 Å². The van der Waals surface area contributed by atoms with Gasteiger partial charge in [0.25, 0.3) is 0 Å². The Bertz CT molecular complexity index is 617. The Labute approximate surface area is 142 Å². The van der Waals surface area contributed by atoms with Crippen molar-refractivity contribution < 1.29 is 4.74 Å². The van der Waals surface area contributed by atoms with Gasteiger partial charge in [-0.1, -0.05) is 35.3 Å². The highest BCUT2D eigenvalue weighted by atomic mass is 79.9. The molecule has 2 aromatic carbocycles. The van der Waals surface area contributed by atoms with E-state index in [2.05, 4.69) is 21.4 Å². The lowest BCUT2D eigenvalue weighted by Crippen LogP contribution is -2.29. The molecule has 0 heterocycles. The van der Waals surface area contributed by atoms with Crippen LogP contribution >= 0.6 is 39.1 Å². The average Bonchev–Trinajstić information content (AvgIpc) is 2.47. The molecule has 0 amide bonds. The van der Waals surface area contributed by atoms with Crippen molar-refractivity contribution in [2.75, 3.05) is 7.11 Å². The van der Waals surface area contributed by atoms with E-state index in [9.17, 15) is 0 Å². The molecule has 0 saturated carbocycles. The number of halogens is 3. The van der Waals surface area contributed by atoms with E-state index in [0.717, 1.165) is 21.3 Å². The fourth-order valence-electron chi connectivity index (χ4n) is 2.10. The van der Waals surface area contributed by atoms with Crippen LogP contribution in [0.5, 0.6) is 5.75 Å². The maximum absolute atomic E-state index is 6.21. The van der Waals surface area contributed by atoms with Crippen molar-refractivity contribution in [2.45, 2.75) is 12.5 Å². The summed E-state index contributed by atoms with van der Waals surface area (Å²) in [4.78, 5) is 0. The summed E-state index contributed by atoms with van der Waals surface area (Å²) in [6.45, 7) is 0. The fraction of sp³-hybridized carbons (Fsp3) is 0.200. The van der Waals surface area contributed by atoms with Crippen molar-refractivity contribution in [1.29, 1.82) is 0 Å². The third kappa shape index (κ3) is 3.90. The zero-order valence-electron chi connectivity index (χ0n) is 11.4. The number of nitrogens with one attached hydrogen (secondary N) is 1. The van der Waals surface area contributed by atoms with Gasteiger partial charge in [0.15, 0.2) is 0 Å². The minimum Gasteiger partial charge on any atom is -0.496 e. The highest BCUT2D eigenvalue weighted by molar-refractivity contribution is 9.10. The van der Waals surface area contributed by atoms with Crippen molar-refractivity contribution in [3.8, 4) is 5.75 Å². The summed E-state index contributed by atoms with van der Waals surface area (Å²) in [6.07, 6.45) is 0.591. The number of benzene rings is 2. The van der Waals surface area contributed by atoms with Crippen molar-refractivity contribution >= 4 is 39.1 Å². The Kier molecular flexibility index (Phi) is 5.90. The second-order valence-corrected chi connectivity index (χ2v) is 6.19. The summed E-state index contributed by atoms with van der Waals surface area (Å²) in [5, 5.41) is 1.27. The van der Waals surface area contributed by atoms with E-state index in [0.29, 0.717) is 16.5 Å². The van der Waals surface area contributed by atoms with Gasteiger partial charge in [-0.3, -0.25) is 11.3 Å². The monoisotopic (exact) mass is 388 g/mol. The van der Waals surface area contributed by atoms with Gasteiger partial charge >= 0.3 is 0 Å². The van der Waals surface area contributed by atoms with E-state index >= 15 is 0 Å². The van der Waals surface area contributed by atoms with Crippen LogP contribution in [0.15, 0.2) is 40.9 Å². The quantitative estimate of drug-likeness (QED) is 0.584. The van der Waals surface area contributed by atoms with E-state index < -0.39 is 0 Å². The summed E-state index contributed by atoms with van der Waals surface area (Å²) in [5.41, 5.74) is 4.69. The summed E-state index contributed by atoms with van der Waals surface area (Å²) in [5.74, 6) is 6.46. The van der Waals surface area contributed by atoms with Crippen LogP contribution in [0.25, 0.3) is 0 Å². The Morgan fingerprint density at radius 2 is 1.90 bits per heavy atom. The first kappa shape index (κ1) is 16.6. The maximum Gasteiger partial charge on any atom is 0.133 e. The molecule has 3 N–H and O–H groups in total. The normalized spacial score (nSPS) is 12.2. The van der Waals surface area contributed by atoms with E-state index in [1.807, 2.05) is 36.4 Å². The molecule has 21 heavy (non-hydrogen) atoms. The molecule has 0 saturated heterocycles. The standard InChI is InChI=1S/C15H15BrCl2N2O/c1-21-15-6-5-9(7-11(15)16)14(20-19)8-10-12(17)3-2-4-13(10)18/h2-7,14,20H,8,19H2,1H3. The Morgan fingerprint density at radius 1 is 1.24 bits per heavy atom. The van der Waals surface area contributed by atoms with Crippen LogP contribution < -0.4 is 16.0 Å². The second kappa shape index (κ2) is 7.47. The number of hydrogen-bond acceptors (Lipinski definition) is 3. The third-order valence-electron chi connectivity index (χ3n) is 3.25. The zero-order chi connectivity index (χ0) is 15.4. The molecule has 2 rings (SSSR count). The lowest BCUT2D eigenvalue weighted by atomic mass is 9.99. The molecule has 2 aromatic rings. The molecule has 6 heteroatoms. The fourth-order valence-corrected chi connectivity index (χ4v) is 3.21. The first-order valence-electron chi connectivity index (χ1n) is 6.29. The lowest BCUT2D eigenvalue weighted by molar-refractivity contribution is 0.411. The molecule has 1 unspecified atom stereocenters. The van der Waals surface area contributed by atoms with Crippen LogP contribution in [0.4, 0.5) is 0 Å². The van der Waals surface area contributed by atoms with Crippen LogP contribution in [-0.4, -0.2) is 7.11 Å². The molecular weight excluding hydrogens is 375 g/mol. The van der Waals surface area contributed by atoms with Gasteiger partial charge < -0.3 is 4.74 Å². The number of rotatable bonds is 5. The largest absolute Gasteiger partial charge is 0.496 e. The predicted molar refractivity (Wildman–Crippen MR) is 90.9 cm³/mol. The number of hydrogen-bond donors (Lipinski definition) is 2. The molecule has 0 bridgehead atoms. The van der Waals surface area contributed by atoms with Crippen molar-refractivity contribution in [3.05, 3.63) is 62.0 Å². The Balaban J connectivity index is 2.30. The number of ether oxygens (including phenoxy) is 1. The summed E-state index contributed by atoms with van der Waals surface area (Å²) in [6, 6.07) is 11.2. The molecular formula is C15H15BrCl2N2O. The lowest BCUT2D eigenvalue weighted by Gasteiger charge is -2.19. The van der Waals surface area contributed by atoms with Gasteiger partial charge in [0.1, 0.15) is 5.75 Å². The van der Waals surface area contributed by atoms with Gasteiger partial charge in [-0.2, -0.15) is 0 Å². The van der Waals surface area contributed by atoms with Crippen molar-refractivity contribution in [1.82, 2.24) is 5.43 Å². The van der Waals surface area contributed by atoms with Crippen LogP contribution in [-0.2, 0) is 6.42 Å². The Morgan fingerprint density at radius 3 is 2.43 bits per heavy atom. The van der Waals surface area contributed by atoms with E-state index in [4.69, 9.17) is 33.8 Å². The van der Waals surface area contributed by atoms with Crippen molar-refractivity contribution in [3.63, 3.8) is 0 Å². The summed E-state index contributed by atoms with van der Waals surface area (Å²) >= 11 is 15.9. The topological polar surface area (TPSA) is 47.3 Å². The summed E-state index contributed by atoms with van der Waals surface area (Å²) < 4.78 is 6.10. The Hall–Kier alpha value is -0.780. The molecule has 0 aliphatic heterocycles. The molecule has 0 radical (unpaired) electrons. The van der Waals surface area contributed by atoms with Gasteiger partial charge in [0.05, 0.1) is 17.6 Å². The number of methoxy groups -OCH3 is 1. The van der Waals surface area contributed by atoms with Gasteiger partial charge in [-0.05, 0) is 57.7 Å². The smallest absolute Gasteiger partial charge is 0.133 e. The minimum atomic E-state index is -0.107.